The molecule has 5 atom stereocenters. The van der Waals surface area contributed by atoms with E-state index in [1.165, 1.54) is 11.1 Å². The number of anilines is 1. The highest BCUT2D eigenvalue weighted by Gasteiger charge is 2.66. The van der Waals surface area contributed by atoms with Gasteiger partial charge in [0, 0.05) is 30.1 Å². The number of rotatable bonds is 9. The Labute approximate surface area is 234 Å². The fraction of sp³-hybridized carbons (Fsp3) is 0.613. The number of nitrogens with zero attached hydrogens (tertiary/aromatic N) is 2. The Morgan fingerprint density at radius 3 is 2.62 bits per heavy atom. The van der Waals surface area contributed by atoms with Crippen molar-refractivity contribution in [2.45, 2.75) is 96.2 Å². The number of aliphatic hydroxyl groups excluding tert-OH is 1. The molecule has 3 aliphatic rings. The number of likely N-dealkylation sites (tertiary alicyclic amines) is 1. The van der Waals surface area contributed by atoms with Crippen molar-refractivity contribution in [3.8, 4) is 0 Å². The highest BCUT2D eigenvalue weighted by atomic mass is 28.4. The number of amides is 2. The highest BCUT2D eigenvalue weighted by molar-refractivity contribution is 6.72. The van der Waals surface area contributed by atoms with Gasteiger partial charge >= 0.3 is 0 Å². The maximum absolute atomic E-state index is 16.0. The quantitative estimate of drug-likeness (QED) is 0.235. The molecule has 1 spiro atoms. The van der Waals surface area contributed by atoms with Crippen molar-refractivity contribution in [2.24, 2.45) is 5.92 Å². The van der Waals surface area contributed by atoms with Gasteiger partial charge in [0.05, 0.1) is 30.9 Å². The summed E-state index contributed by atoms with van der Waals surface area (Å²) >= 11 is 0. The molecule has 0 radical (unpaired) electrons. The summed E-state index contributed by atoms with van der Waals surface area (Å²) in [6.07, 6.45) is 7.13. The summed E-state index contributed by atoms with van der Waals surface area (Å²) in [4.78, 5) is 31.2. The molecule has 1 aromatic carbocycles. The largest absolute Gasteiger partial charge is 0.394 e. The van der Waals surface area contributed by atoms with Crippen LogP contribution < -0.4 is 4.90 Å². The Hall–Kier alpha value is -2.29. The van der Waals surface area contributed by atoms with Gasteiger partial charge < -0.3 is 23.8 Å². The summed E-state index contributed by atoms with van der Waals surface area (Å²) in [5, 5.41) is 9.74. The molecule has 39 heavy (non-hydrogen) atoms. The van der Waals surface area contributed by atoms with E-state index in [1.807, 2.05) is 31.2 Å². The fourth-order valence-corrected chi connectivity index (χ4v) is 9.46. The molecule has 2 amide bonds. The normalized spacial score (nSPS) is 28.9. The van der Waals surface area contributed by atoms with Crippen molar-refractivity contribution in [3.05, 3.63) is 53.1 Å². The van der Waals surface area contributed by atoms with E-state index in [0.29, 0.717) is 13.1 Å². The van der Waals surface area contributed by atoms with Gasteiger partial charge in [-0.2, -0.15) is 0 Å². The summed E-state index contributed by atoms with van der Waals surface area (Å²) in [5.74, 6) is -0.720. The zero-order chi connectivity index (χ0) is 28.5. The molecule has 0 aromatic heterocycles. The summed E-state index contributed by atoms with van der Waals surface area (Å²) in [6, 6.07) is 7.47. The van der Waals surface area contributed by atoms with Crippen molar-refractivity contribution < 1.29 is 23.5 Å². The van der Waals surface area contributed by atoms with Gasteiger partial charge in [-0.15, -0.1) is 0 Å². The molecule has 1 N–H and O–H groups in total. The van der Waals surface area contributed by atoms with Crippen molar-refractivity contribution in [1.82, 2.24) is 4.90 Å². The van der Waals surface area contributed by atoms with Gasteiger partial charge in [0.1, 0.15) is 0 Å². The Bertz CT molecular complexity index is 1140. The van der Waals surface area contributed by atoms with E-state index in [-0.39, 0.29) is 30.9 Å². The lowest BCUT2D eigenvalue weighted by Crippen LogP contribution is -2.45. The van der Waals surface area contributed by atoms with Crippen LogP contribution in [0.1, 0.15) is 65.4 Å². The number of benzene rings is 1. The smallest absolute Gasteiger partial charge is 0.264 e. The predicted molar refractivity (Wildman–Crippen MR) is 156 cm³/mol. The van der Waals surface area contributed by atoms with E-state index in [2.05, 4.69) is 32.9 Å². The lowest BCUT2D eigenvalue weighted by atomic mass is 9.82. The van der Waals surface area contributed by atoms with E-state index < -0.39 is 31.6 Å². The average molecular weight is 557 g/mol. The van der Waals surface area contributed by atoms with E-state index in [9.17, 15) is 14.7 Å². The number of hydrogen-bond donors (Lipinski definition) is 1. The molecule has 3 heterocycles. The number of carbonyl (C=O) groups is 2. The predicted octanol–water partition coefficient (Wildman–Crippen LogP) is 5.87. The summed E-state index contributed by atoms with van der Waals surface area (Å²) < 4.78 is 22.7. The van der Waals surface area contributed by atoms with Gasteiger partial charge in [-0.3, -0.25) is 9.59 Å². The molecule has 1 aromatic rings. The first kappa shape index (κ1) is 29.7. The van der Waals surface area contributed by atoms with Crippen LogP contribution in [0.3, 0.4) is 0 Å². The van der Waals surface area contributed by atoms with Gasteiger partial charge in [0.15, 0.2) is 5.60 Å². The maximum atomic E-state index is 16.0. The fourth-order valence-electron chi connectivity index (χ4n) is 6.96. The van der Waals surface area contributed by atoms with Crippen LogP contribution in [0.5, 0.6) is 0 Å². The Morgan fingerprint density at radius 1 is 1.23 bits per heavy atom. The molecule has 0 aliphatic carbocycles. The minimum Gasteiger partial charge on any atom is -0.394 e. The molecule has 4 rings (SSSR count). The lowest BCUT2D eigenvalue weighted by molar-refractivity contribution is -0.149. The number of fused-ring (bicyclic) bond motifs is 2. The van der Waals surface area contributed by atoms with E-state index >= 15 is 4.11 Å². The van der Waals surface area contributed by atoms with Crippen molar-refractivity contribution >= 4 is 25.9 Å². The number of halogens is 1. The van der Waals surface area contributed by atoms with E-state index in [4.69, 9.17) is 4.74 Å². The molecule has 0 unspecified atom stereocenters. The maximum Gasteiger partial charge on any atom is 0.264 e. The van der Waals surface area contributed by atoms with Crippen LogP contribution >= 0.6 is 0 Å². The summed E-state index contributed by atoms with van der Waals surface area (Å²) in [7, 11) is -3.34. The van der Waals surface area contributed by atoms with Crippen LogP contribution in [-0.2, 0) is 19.9 Å². The van der Waals surface area contributed by atoms with Crippen LogP contribution in [0.25, 0.3) is 0 Å². The van der Waals surface area contributed by atoms with Crippen molar-refractivity contribution in [1.29, 1.82) is 0 Å². The second-order valence-corrected chi connectivity index (χ2v) is 16.1. The van der Waals surface area contributed by atoms with Gasteiger partial charge in [-0.25, -0.2) is 0 Å². The number of aliphatic hydroxyl groups is 1. The van der Waals surface area contributed by atoms with Crippen LogP contribution in [0.2, 0.25) is 18.6 Å². The number of para-hydroxylation sites is 1. The summed E-state index contributed by atoms with van der Waals surface area (Å²) in [6.45, 7) is 12.4. The molecule has 8 heteroatoms. The van der Waals surface area contributed by atoms with E-state index in [0.717, 1.165) is 36.9 Å². The summed E-state index contributed by atoms with van der Waals surface area (Å²) in [5.41, 5.74) is 2.24. The van der Waals surface area contributed by atoms with Gasteiger partial charge in [-0.1, -0.05) is 48.4 Å². The van der Waals surface area contributed by atoms with Crippen molar-refractivity contribution in [3.63, 3.8) is 0 Å². The molecule has 0 bridgehead atoms. The monoisotopic (exact) mass is 556 g/mol. The zero-order valence-electron chi connectivity index (χ0n) is 24.4. The van der Waals surface area contributed by atoms with E-state index in [1.54, 1.807) is 22.9 Å². The number of hydrogen-bond acceptors (Lipinski definition) is 4. The van der Waals surface area contributed by atoms with Crippen LogP contribution in [0, 0.1) is 5.92 Å². The third-order valence-corrected chi connectivity index (χ3v) is 11.3. The first-order valence-electron chi connectivity index (χ1n) is 14.4. The molecule has 0 saturated carbocycles. The lowest BCUT2D eigenvalue weighted by Gasteiger charge is -2.31. The molecular formula is C31H45FN2O4Si. The van der Waals surface area contributed by atoms with Gasteiger partial charge in [0.2, 0.25) is 14.3 Å². The zero-order valence-corrected chi connectivity index (χ0v) is 25.4. The second-order valence-electron chi connectivity index (χ2n) is 12.3. The number of ether oxygens (including phenoxy) is 1. The first-order valence-corrected chi connectivity index (χ1v) is 17.3. The minimum absolute atomic E-state index is 0.0203. The molecular weight excluding hydrogens is 511 g/mol. The SMILES string of the molecule is CC(C)=CCC/C(C)=C/CN1C(=O)[C@]2(O[C@H](CC(=O)N3CCC[C@H]3CO)[C@@H]([Si](C)(C)F)[C@@H]2C)c2ccccc21. The van der Waals surface area contributed by atoms with Crippen LogP contribution in [-0.4, -0.2) is 62.1 Å². The highest BCUT2D eigenvalue weighted by Crippen LogP contribution is 2.60. The van der Waals surface area contributed by atoms with Crippen LogP contribution in [0.4, 0.5) is 9.80 Å². The molecule has 6 nitrogen and oxygen atoms in total. The first-order chi connectivity index (χ1) is 18.4. The number of allylic oxidation sites excluding steroid dienone is 3. The van der Waals surface area contributed by atoms with Crippen molar-refractivity contribution in [2.75, 3.05) is 24.6 Å². The second kappa shape index (κ2) is 11.7. The molecule has 3 aliphatic heterocycles. The topological polar surface area (TPSA) is 70.1 Å². The van der Waals surface area contributed by atoms with Gasteiger partial charge in [0.25, 0.3) is 5.91 Å². The standard InChI is InChI=1S/C31H45FN2O4Si/c1-21(2)11-9-12-22(3)16-18-34-26-15-8-7-14-25(26)31(30(34)37)23(4)29(39(5,6)32)27(38-31)19-28(36)33-17-10-13-24(33)20-35/h7-8,11,14-16,23-24,27,29,35H,9-10,12-13,17-20H2,1-6H3/b22-16+/t23-,24-,27+,29-,31+/m0/s1. The van der Waals surface area contributed by atoms with Gasteiger partial charge in [-0.05, 0) is 65.6 Å². The van der Waals surface area contributed by atoms with Crippen LogP contribution in [0.15, 0.2) is 47.6 Å². The Balaban J connectivity index is 1.64. The average Bonchev–Trinajstić information content (AvgIpc) is 3.52. The Kier molecular flexibility index (Phi) is 8.88. The molecule has 214 valence electrons. The minimum atomic E-state index is -3.34. The third-order valence-electron chi connectivity index (χ3n) is 8.87. The third kappa shape index (κ3) is 5.65. The Morgan fingerprint density at radius 2 is 1.95 bits per heavy atom. The molecule has 2 saturated heterocycles. The molecule has 2 fully saturated rings. The number of carbonyl (C=O) groups excluding carboxylic acids is 2.